The zero-order chi connectivity index (χ0) is 21.4. The number of alkyl halides is 3. The van der Waals surface area contributed by atoms with E-state index in [1.54, 1.807) is 24.3 Å². The molecule has 0 saturated heterocycles. The molecule has 29 heavy (non-hydrogen) atoms. The predicted octanol–water partition coefficient (Wildman–Crippen LogP) is 3.52. The number of anilines is 1. The molecule has 2 N–H and O–H groups in total. The van der Waals surface area contributed by atoms with E-state index in [4.69, 9.17) is 34.8 Å². The van der Waals surface area contributed by atoms with E-state index in [1.807, 2.05) is 0 Å². The Labute approximate surface area is 190 Å². The van der Waals surface area contributed by atoms with Gasteiger partial charge >= 0.3 is 0 Å². The molecule has 2 amide bonds. The summed E-state index contributed by atoms with van der Waals surface area (Å²) in [5.74, 6) is -1.61. The van der Waals surface area contributed by atoms with Crippen LogP contribution in [0, 0.1) is 0 Å². The molecule has 0 fully saturated rings. The van der Waals surface area contributed by atoms with E-state index in [2.05, 4.69) is 26.6 Å². The van der Waals surface area contributed by atoms with Crippen molar-refractivity contribution in [2.75, 3.05) is 11.9 Å². The standard InChI is InChI=1S/C17H13BrCl3N3O4S/c18-10-5-7-11(8-6-10)22-16(17(19,20)21)23-14(25)9-24-15(26)12-3-1-2-4-13(12)29(24,27)28/h1-8,16,22H,9H2,(H,23,25)/t16-/m0/s1. The quantitative estimate of drug-likeness (QED) is 0.446. The second-order valence-electron chi connectivity index (χ2n) is 6.01. The van der Waals surface area contributed by atoms with Crippen LogP contribution in [0.3, 0.4) is 0 Å². The molecule has 0 unspecified atom stereocenters. The van der Waals surface area contributed by atoms with Gasteiger partial charge in [0.1, 0.15) is 17.6 Å². The van der Waals surface area contributed by atoms with Gasteiger partial charge in [0.05, 0.1) is 5.56 Å². The average molecular weight is 542 g/mol. The van der Waals surface area contributed by atoms with Crippen LogP contribution in [-0.4, -0.2) is 41.0 Å². The van der Waals surface area contributed by atoms with Gasteiger partial charge in [-0.2, -0.15) is 0 Å². The van der Waals surface area contributed by atoms with Crippen LogP contribution in [0.1, 0.15) is 10.4 Å². The molecule has 1 atom stereocenters. The van der Waals surface area contributed by atoms with Gasteiger partial charge in [-0.25, -0.2) is 12.7 Å². The fourth-order valence-electron chi connectivity index (χ4n) is 2.64. The molecule has 0 spiro atoms. The minimum atomic E-state index is -4.13. The fourth-order valence-corrected chi connectivity index (χ4v) is 4.75. The number of amides is 2. The predicted molar refractivity (Wildman–Crippen MR) is 115 cm³/mol. The number of benzene rings is 2. The first kappa shape index (κ1) is 22.2. The first-order valence-corrected chi connectivity index (χ1v) is 11.4. The van der Waals surface area contributed by atoms with Crippen LogP contribution < -0.4 is 10.6 Å². The van der Waals surface area contributed by atoms with Crippen molar-refractivity contribution in [3.8, 4) is 0 Å². The highest BCUT2D eigenvalue weighted by Gasteiger charge is 2.42. The summed E-state index contributed by atoms with van der Waals surface area (Å²) in [5.41, 5.74) is 0.549. The van der Waals surface area contributed by atoms with Gasteiger partial charge in [-0.05, 0) is 36.4 Å². The molecule has 154 valence electrons. The van der Waals surface area contributed by atoms with E-state index in [-0.39, 0.29) is 10.5 Å². The van der Waals surface area contributed by atoms with Crippen molar-refractivity contribution in [1.29, 1.82) is 0 Å². The van der Waals surface area contributed by atoms with E-state index in [9.17, 15) is 18.0 Å². The largest absolute Gasteiger partial charge is 0.362 e. The molecule has 0 aromatic heterocycles. The second kappa shape index (κ2) is 8.31. The minimum absolute atomic E-state index is 0.00575. The zero-order valence-corrected chi connectivity index (χ0v) is 19.1. The van der Waals surface area contributed by atoms with Crippen molar-refractivity contribution in [3.05, 3.63) is 58.6 Å². The SMILES string of the molecule is O=C(CN1C(=O)c2ccccc2S1(=O)=O)N[C@H](Nc1ccc(Br)cc1)C(Cl)(Cl)Cl. The van der Waals surface area contributed by atoms with Crippen LogP contribution in [0.2, 0.25) is 0 Å². The van der Waals surface area contributed by atoms with Gasteiger partial charge in [-0.1, -0.05) is 62.9 Å². The maximum Gasteiger partial charge on any atom is 0.269 e. The van der Waals surface area contributed by atoms with Gasteiger partial charge in [0, 0.05) is 10.2 Å². The number of hydrogen-bond donors (Lipinski definition) is 2. The van der Waals surface area contributed by atoms with Gasteiger partial charge in [0.15, 0.2) is 0 Å². The number of nitrogens with zero attached hydrogens (tertiary/aromatic N) is 1. The summed E-state index contributed by atoms with van der Waals surface area (Å²) in [5, 5.41) is 5.27. The number of fused-ring (bicyclic) bond motifs is 1. The van der Waals surface area contributed by atoms with Gasteiger partial charge in [0.2, 0.25) is 9.70 Å². The van der Waals surface area contributed by atoms with E-state index >= 15 is 0 Å². The summed E-state index contributed by atoms with van der Waals surface area (Å²) < 4.78 is 24.5. The molecular formula is C17H13BrCl3N3O4S. The first-order valence-electron chi connectivity index (χ1n) is 8.04. The number of halogens is 4. The highest BCUT2D eigenvalue weighted by molar-refractivity contribution is 9.10. The van der Waals surface area contributed by atoms with E-state index in [0.29, 0.717) is 9.99 Å². The third-order valence-corrected chi connectivity index (χ3v) is 6.96. The van der Waals surface area contributed by atoms with Gasteiger partial charge in [-0.15, -0.1) is 0 Å². The van der Waals surface area contributed by atoms with Crippen molar-refractivity contribution in [2.24, 2.45) is 0 Å². The third kappa shape index (κ3) is 4.80. The molecular weight excluding hydrogens is 529 g/mol. The maximum absolute atomic E-state index is 12.6. The van der Waals surface area contributed by atoms with Crippen LogP contribution in [0.15, 0.2) is 57.9 Å². The molecule has 7 nitrogen and oxygen atoms in total. The first-order chi connectivity index (χ1) is 13.5. The highest BCUT2D eigenvalue weighted by Crippen LogP contribution is 2.32. The lowest BCUT2D eigenvalue weighted by atomic mass is 10.2. The highest BCUT2D eigenvalue weighted by atomic mass is 79.9. The maximum atomic E-state index is 12.6. The number of carbonyl (C=O) groups is 2. The molecule has 0 bridgehead atoms. The Morgan fingerprint density at radius 2 is 1.72 bits per heavy atom. The Kier molecular flexibility index (Phi) is 6.35. The van der Waals surface area contributed by atoms with Crippen molar-refractivity contribution in [1.82, 2.24) is 9.62 Å². The lowest BCUT2D eigenvalue weighted by molar-refractivity contribution is -0.121. The van der Waals surface area contributed by atoms with Crippen LogP contribution in [-0.2, 0) is 14.8 Å². The molecule has 0 saturated carbocycles. The van der Waals surface area contributed by atoms with Crippen molar-refractivity contribution in [3.63, 3.8) is 0 Å². The lowest BCUT2D eigenvalue weighted by Crippen LogP contribution is -2.52. The Bertz CT molecular complexity index is 1060. The summed E-state index contributed by atoms with van der Waals surface area (Å²) in [6, 6.07) is 12.6. The van der Waals surface area contributed by atoms with Crippen molar-refractivity contribution in [2.45, 2.75) is 14.9 Å². The van der Waals surface area contributed by atoms with E-state index < -0.39 is 38.3 Å². The molecule has 1 aliphatic heterocycles. The normalized spacial score (nSPS) is 16.3. The van der Waals surface area contributed by atoms with Crippen molar-refractivity contribution >= 4 is 78.3 Å². The van der Waals surface area contributed by atoms with Crippen LogP contribution in [0.4, 0.5) is 5.69 Å². The molecule has 1 aliphatic rings. The molecule has 2 aromatic carbocycles. The number of nitrogens with one attached hydrogen (secondary N) is 2. The minimum Gasteiger partial charge on any atom is -0.362 e. The Morgan fingerprint density at radius 3 is 2.31 bits per heavy atom. The van der Waals surface area contributed by atoms with Crippen LogP contribution in [0.5, 0.6) is 0 Å². The summed E-state index contributed by atoms with van der Waals surface area (Å²) in [4.78, 5) is 24.8. The smallest absolute Gasteiger partial charge is 0.269 e. The van der Waals surface area contributed by atoms with Gasteiger partial charge < -0.3 is 10.6 Å². The van der Waals surface area contributed by atoms with Crippen LogP contribution in [0.25, 0.3) is 0 Å². The number of hydrogen-bond acceptors (Lipinski definition) is 5. The fraction of sp³-hybridized carbons (Fsp3) is 0.176. The Balaban J connectivity index is 1.76. The van der Waals surface area contributed by atoms with Gasteiger partial charge in [0.25, 0.3) is 15.9 Å². The number of sulfonamides is 1. The zero-order valence-electron chi connectivity index (χ0n) is 14.4. The average Bonchev–Trinajstić information content (AvgIpc) is 2.83. The van der Waals surface area contributed by atoms with Gasteiger partial charge in [-0.3, -0.25) is 9.59 Å². The summed E-state index contributed by atoms with van der Waals surface area (Å²) in [6.07, 6.45) is -1.19. The molecule has 2 aromatic rings. The second-order valence-corrected chi connectivity index (χ2v) is 11.1. The summed E-state index contributed by atoms with van der Waals surface area (Å²) >= 11 is 21.1. The number of carbonyl (C=O) groups excluding carboxylic acids is 2. The van der Waals surface area contributed by atoms with E-state index in [0.717, 1.165) is 4.47 Å². The van der Waals surface area contributed by atoms with Crippen molar-refractivity contribution < 1.29 is 18.0 Å². The molecule has 12 heteroatoms. The molecule has 0 radical (unpaired) electrons. The monoisotopic (exact) mass is 539 g/mol. The lowest BCUT2D eigenvalue weighted by Gasteiger charge is -2.28. The summed E-state index contributed by atoms with van der Waals surface area (Å²) in [7, 11) is -4.13. The Morgan fingerprint density at radius 1 is 1.10 bits per heavy atom. The topological polar surface area (TPSA) is 95.6 Å². The van der Waals surface area contributed by atoms with E-state index in [1.165, 1.54) is 24.3 Å². The summed E-state index contributed by atoms with van der Waals surface area (Å²) in [6.45, 7) is -0.755. The third-order valence-electron chi connectivity index (χ3n) is 3.99. The molecule has 0 aliphatic carbocycles. The molecule has 3 rings (SSSR count). The molecule has 1 heterocycles. The Hall–Kier alpha value is -1.52. The number of rotatable bonds is 5. The van der Waals surface area contributed by atoms with Crippen LogP contribution >= 0.6 is 50.7 Å².